The van der Waals surface area contributed by atoms with E-state index >= 15 is 0 Å². The molecule has 1 aliphatic heterocycles. The molecule has 4 aromatic carbocycles. The van der Waals surface area contributed by atoms with Gasteiger partial charge in [0.25, 0.3) is 0 Å². The summed E-state index contributed by atoms with van der Waals surface area (Å²) in [7, 11) is 1.74. The van der Waals surface area contributed by atoms with Crippen LogP contribution in [0.4, 0.5) is 10.5 Å². The first kappa shape index (κ1) is 38.6. The number of hydrogen-bond acceptors (Lipinski definition) is 9. The standard InChI is InChI=1S/C44H49N5O7/c1-48(20-19-45-25-40(51)36-14-16-39(50)43-37(36)15-17-41(52)47-43)42(53)18-21-55-33-11-7-8-29(22-33)26-49-27-31-23-34(24-32(31)28-49)56-44(54)46-38-13-6-5-12-35(38)30-9-3-2-4-10-30/h2-17,22,31-32,34,40,45,50-51H,18-21,23-28H2,1H3,(H,46,54)(H,47,52)/t31-,32?,34?,40+/m1/s1. The zero-order chi connectivity index (χ0) is 39.0. The highest BCUT2D eigenvalue weighted by Crippen LogP contribution is 2.40. The van der Waals surface area contributed by atoms with Crippen LogP contribution in [-0.2, 0) is 16.1 Å². The van der Waals surface area contributed by atoms with E-state index in [1.807, 2.05) is 72.8 Å². The third-order valence-corrected chi connectivity index (χ3v) is 10.8. The molecule has 2 aliphatic rings. The zero-order valence-electron chi connectivity index (χ0n) is 31.5. The first-order valence-corrected chi connectivity index (χ1v) is 19.2. The van der Waals surface area contributed by atoms with E-state index in [-0.39, 0.29) is 48.4 Å². The molecule has 1 saturated carbocycles. The van der Waals surface area contributed by atoms with E-state index in [4.69, 9.17) is 9.47 Å². The number of likely N-dealkylation sites (N-methyl/N-ethyl adjacent to an activating group) is 1. The second-order valence-electron chi connectivity index (χ2n) is 14.8. The molecule has 1 aliphatic carbocycles. The topological polar surface area (TPSA) is 156 Å². The molecule has 2 amide bonds. The van der Waals surface area contributed by atoms with Gasteiger partial charge in [0.1, 0.15) is 17.6 Å². The molecule has 4 atom stereocenters. The fourth-order valence-electron chi connectivity index (χ4n) is 8.03. The van der Waals surface area contributed by atoms with Crippen molar-refractivity contribution in [3.05, 3.63) is 125 Å². The lowest BCUT2D eigenvalue weighted by Gasteiger charge is -2.20. The van der Waals surface area contributed by atoms with Crippen molar-refractivity contribution in [2.75, 3.05) is 51.7 Å². The SMILES string of the molecule is CN(CCNC[C@H](O)c1ccc(O)c2[nH]c(=O)ccc12)C(=O)CCOc1cccc(CN2CC3CC(OC(=O)Nc4ccccc4-c4ccccc4)C[C@@H]3C2)c1. The second-order valence-corrected chi connectivity index (χ2v) is 14.8. The summed E-state index contributed by atoms with van der Waals surface area (Å²) in [5.41, 5.74) is 4.41. The number of likely N-dealkylation sites (tertiary alicyclic amines) is 1. The number of pyridine rings is 1. The number of aliphatic hydroxyl groups is 1. The number of rotatable bonds is 15. The predicted octanol–water partition coefficient (Wildman–Crippen LogP) is 5.91. The fourth-order valence-corrected chi connectivity index (χ4v) is 8.03. The van der Waals surface area contributed by atoms with E-state index in [0.29, 0.717) is 35.9 Å². The minimum absolute atomic E-state index is 0.0441. The Balaban J connectivity index is 0.793. The molecule has 1 saturated heterocycles. The quantitative estimate of drug-likeness (QED) is 0.0820. The van der Waals surface area contributed by atoms with E-state index in [2.05, 4.69) is 26.6 Å². The highest BCUT2D eigenvalue weighted by atomic mass is 16.6. The summed E-state index contributed by atoms with van der Waals surface area (Å²) in [5.74, 6) is 1.60. The molecule has 292 valence electrons. The third-order valence-electron chi connectivity index (χ3n) is 10.8. The van der Waals surface area contributed by atoms with Crippen LogP contribution in [0.15, 0.2) is 108 Å². The van der Waals surface area contributed by atoms with Crippen LogP contribution < -0.4 is 20.9 Å². The molecule has 0 spiro atoms. The number of aliphatic hydroxyl groups excluding tert-OH is 1. The lowest BCUT2D eigenvalue weighted by Crippen LogP contribution is -2.35. The van der Waals surface area contributed by atoms with Crippen LogP contribution in [0.1, 0.15) is 36.5 Å². The van der Waals surface area contributed by atoms with Crippen molar-refractivity contribution in [1.29, 1.82) is 0 Å². The minimum atomic E-state index is -0.874. The largest absolute Gasteiger partial charge is 0.506 e. The molecule has 0 radical (unpaired) electrons. The number of para-hydroxylation sites is 1. The highest BCUT2D eigenvalue weighted by molar-refractivity contribution is 5.91. The van der Waals surface area contributed by atoms with Crippen molar-refractivity contribution in [1.82, 2.24) is 20.1 Å². The molecule has 5 aromatic rings. The Bertz CT molecular complexity index is 2180. The smallest absolute Gasteiger partial charge is 0.411 e. The lowest BCUT2D eigenvalue weighted by atomic mass is 10.0. The van der Waals surface area contributed by atoms with Crippen LogP contribution in [0.5, 0.6) is 11.5 Å². The van der Waals surface area contributed by atoms with E-state index in [0.717, 1.165) is 60.6 Å². The lowest BCUT2D eigenvalue weighted by molar-refractivity contribution is -0.130. The molecule has 1 aromatic heterocycles. The normalized spacial score (nSPS) is 18.4. The molecular weight excluding hydrogens is 711 g/mol. The first-order chi connectivity index (χ1) is 27.2. The summed E-state index contributed by atoms with van der Waals surface area (Å²) in [6.45, 7) is 4.13. The van der Waals surface area contributed by atoms with Gasteiger partial charge in [0.15, 0.2) is 0 Å². The molecule has 0 bridgehead atoms. The van der Waals surface area contributed by atoms with Crippen molar-refractivity contribution in [2.24, 2.45) is 11.8 Å². The number of carbonyl (C=O) groups is 2. The molecule has 2 heterocycles. The van der Waals surface area contributed by atoms with Gasteiger partial charge in [-0.3, -0.25) is 19.8 Å². The number of carbonyl (C=O) groups excluding carboxylic acids is 2. The van der Waals surface area contributed by atoms with E-state index in [1.54, 1.807) is 24.1 Å². The summed E-state index contributed by atoms with van der Waals surface area (Å²) in [5, 5.41) is 27.6. The number of phenols is 1. The van der Waals surface area contributed by atoms with Crippen molar-refractivity contribution in [3.63, 3.8) is 0 Å². The van der Waals surface area contributed by atoms with Crippen molar-refractivity contribution < 1.29 is 29.3 Å². The monoisotopic (exact) mass is 759 g/mol. The Labute approximate surface area is 326 Å². The van der Waals surface area contributed by atoms with Crippen molar-refractivity contribution in [2.45, 2.75) is 38.0 Å². The molecular formula is C44H49N5O7. The van der Waals surface area contributed by atoms with Crippen molar-refractivity contribution >= 4 is 28.6 Å². The molecule has 5 N–H and O–H groups in total. The van der Waals surface area contributed by atoms with Gasteiger partial charge in [0, 0.05) is 63.3 Å². The third kappa shape index (κ3) is 9.57. The van der Waals surface area contributed by atoms with Crippen LogP contribution >= 0.6 is 0 Å². The number of nitrogens with zero attached hydrogens (tertiary/aromatic N) is 2. The number of nitrogens with one attached hydrogen (secondary N) is 3. The van der Waals surface area contributed by atoms with Gasteiger partial charge < -0.3 is 34.9 Å². The number of aromatic nitrogens is 1. The maximum absolute atomic E-state index is 12.9. The summed E-state index contributed by atoms with van der Waals surface area (Å²) in [6.07, 6.45) is 0.580. The summed E-state index contributed by atoms with van der Waals surface area (Å²) in [6, 6.07) is 31.8. The number of hydrogen-bond donors (Lipinski definition) is 5. The molecule has 12 nitrogen and oxygen atoms in total. The number of aromatic hydroxyl groups is 1. The van der Waals surface area contributed by atoms with Gasteiger partial charge in [-0.25, -0.2) is 4.79 Å². The van der Waals surface area contributed by atoms with Crippen LogP contribution in [0.3, 0.4) is 0 Å². The van der Waals surface area contributed by atoms with Crippen molar-refractivity contribution in [3.8, 4) is 22.6 Å². The van der Waals surface area contributed by atoms with E-state index in [9.17, 15) is 24.6 Å². The Morgan fingerprint density at radius 2 is 1.71 bits per heavy atom. The van der Waals surface area contributed by atoms with Gasteiger partial charge in [0.05, 0.1) is 30.3 Å². The maximum atomic E-state index is 12.9. The number of benzene rings is 4. The van der Waals surface area contributed by atoms with Gasteiger partial charge in [-0.15, -0.1) is 0 Å². The summed E-state index contributed by atoms with van der Waals surface area (Å²) < 4.78 is 11.9. The molecule has 7 rings (SSSR count). The molecule has 2 fully saturated rings. The number of phenolic OH excluding ortho intramolecular Hbond substituents is 1. The second kappa shape index (κ2) is 17.8. The summed E-state index contributed by atoms with van der Waals surface area (Å²) in [4.78, 5) is 44.1. The minimum Gasteiger partial charge on any atom is -0.506 e. The number of anilines is 1. The zero-order valence-corrected chi connectivity index (χ0v) is 31.5. The maximum Gasteiger partial charge on any atom is 0.411 e. The fraction of sp³-hybridized carbons (Fsp3) is 0.341. The van der Waals surface area contributed by atoms with Crippen LogP contribution in [0, 0.1) is 11.8 Å². The van der Waals surface area contributed by atoms with Gasteiger partial charge in [0.2, 0.25) is 11.5 Å². The number of ether oxygens (including phenoxy) is 2. The van der Waals surface area contributed by atoms with Crippen LogP contribution in [0.25, 0.3) is 22.0 Å². The molecule has 2 unspecified atom stereocenters. The number of aromatic amines is 1. The Morgan fingerprint density at radius 3 is 2.52 bits per heavy atom. The van der Waals surface area contributed by atoms with Gasteiger partial charge in [-0.1, -0.05) is 66.7 Å². The highest BCUT2D eigenvalue weighted by Gasteiger charge is 2.42. The predicted molar refractivity (Wildman–Crippen MR) is 216 cm³/mol. The average Bonchev–Trinajstić information content (AvgIpc) is 3.75. The van der Waals surface area contributed by atoms with E-state index in [1.165, 1.54) is 12.1 Å². The molecule has 56 heavy (non-hydrogen) atoms. The van der Waals surface area contributed by atoms with Crippen LogP contribution in [0.2, 0.25) is 0 Å². The van der Waals surface area contributed by atoms with Gasteiger partial charge in [-0.2, -0.15) is 0 Å². The molecule has 12 heteroatoms. The Kier molecular flexibility index (Phi) is 12.3. The van der Waals surface area contributed by atoms with Gasteiger partial charge >= 0.3 is 6.09 Å². The number of H-pyrrole nitrogens is 1. The van der Waals surface area contributed by atoms with Crippen LogP contribution in [-0.4, -0.2) is 89.5 Å². The Hall–Kier alpha value is -5.69. The van der Waals surface area contributed by atoms with Gasteiger partial charge in [-0.05, 0) is 71.7 Å². The van der Waals surface area contributed by atoms with E-state index < -0.39 is 12.2 Å². The summed E-state index contributed by atoms with van der Waals surface area (Å²) >= 11 is 0. The number of fused-ring (bicyclic) bond motifs is 2. The number of amides is 2. The Morgan fingerprint density at radius 1 is 0.946 bits per heavy atom. The average molecular weight is 760 g/mol. The first-order valence-electron chi connectivity index (χ1n) is 19.2.